The number of nitrogens with zero attached hydrogens (tertiary/aromatic N) is 1. The molecule has 0 spiro atoms. The Kier molecular flexibility index (Phi) is 7.34. The van der Waals surface area contributed by atoms with E-state index in [1.54, 1.807) is 0 Å². The van der Waals surface area contributed by atoms with Crippen LogP contribution in [0.2, 0.25) is 0 Å². The van der Waals surface area contributed by atoms with Crippen molar-refractivity contribution in [1.29, 1.82) is 0 Å². The number of ether oxygens (including phenoxy) is 1. The monoisotopic (exact) mass is 254 g/mol. The minimum Gasteiger partial charge on any atom is -0.477 e. The molecule has 0 radical (unpaired) electrons. The van der Waals surface area contributed by atoms with Gasteiger partial charge in [-0.15, -0.1) is 0 Å². The molecule has 0 amide bonds. The van der Waals surface area contributed by atoms with Crippen molar-refractivity contribution in [3.63, 3.8) is 0 Å². The van der Waals surface area contributed by atoms with Crippen LogP contribution in [0.3, 0.4) is 0 Å². The fraction of sp³-hybridized carbons (Fsp3) is 0.643. The van der Waals surface area contributed by atoms with Crippen molar-refractivity contribution >= 4 is 0 Å². The summed E-state index contributed by atoms with van der Waals surface area (Å²) in [7, 11) is 0. The predicted octanol–water partition coefficient (Wildman–Crippen LogP) is 3.42. The van der Waals surface area contributed by atoms with Crippen LogP contribution in [0.4, 0.5) is 4.39 Å². The van der Waals surface area contributed by atoms with Crippen LogP contribution in [-0.4, -0.2) is 11.6 Å². The van der Waals surface area contributed by atoms with Gasteiger partial charge in [-0.1, -0.05) is 39.0 Å². The second-order valence-corrected chi connectivity index (χ2v) is 4.44. The summed E-state index contributed by atoms with van der Waals surface area (Å²) in [6.07, 6.45) is 8.44. The topological polar surface area (TPSA) is 48.1 Å². The second-order valence-electron chi connectivity index (χ2n) is 4.44. The van der Waals surface area contributed by atoms with Crippen LogP contribution in [0.25, 0.3) is 0 Å². The molecule has 0 atom stereocenters. The third kappa shape index (κ3) is 5.45. The van der Waals surface area contributed by atoms with Crippen LogP contribution in [-0.2, 0) is 6.54 Å². The summed E-state index contributed by atoms with van der Waals surface area (Å²) >= 11 is 0. The normalized spacial score (nSPS) is 10.6. The Bertz CT molecular complexity index is 345. The molecule has 0 unspecified atom stereocenters. The number of hydrogen-bond acceptors (Lipinski definition) is 3. The Labute approximate surface area is 109 Å². The van der Waals surface area contributed by atoms with Crippen LogP contribution in [0.1, 0.15) is 51.0 Å². The number of rotatable bonds is 9. The first-order valence-electron chi connectivity index (χ1n) is 6.75. The molecule has 0 aromatic carbocycles. The highest BCUT2D eigenvalue weighted by Crippen LogP contribution is 2.16. The van der Waals surface area contributed by atoms with E-state index < -0.39 is 0 Å². The van der Waals surface area contributed by atoms with Crippen molar-refractivity contribution in [3.05, 3.63) is 23.6 Å². The fourth-order valence-electron chi connectivity index (χ4n) is 1.80. The molecule has 0 aliphatic rings. The van der Waals surface area contributed by atoms with Crippen LogP contribution in [0.5, 0.6) is 5.88 Å². The molecule has 0 saturated carbocycles. The SMILES string of the molecule is CCCCCCCCOc1ncc(F)cc1CN. The number of pyridine rings is 1. The summed E-state index contributed by atoms with van der Waals surface area (Å²) in [6, 6.07) is 1.38. The summed E-state index contributed by atoms with van der Waals surface area (Å²) in [5, 5.41) is 0. The van der Waals surface area contributed by atoms with E-state index in [1.807, 2.05) is 0 Å². The third-order valence-corrected chi connectivity index (χ3v) is 2.85. The van der Waals surface area contributed by atoms with E-state index in [0.717, 1.165) is 12.6 Å². The molecule has 2 N–H and O–H groups in total. The summed E-state index contributed by atoms with van der Waals surface area (Å²) < 4.78 is 18.5. The minimum absolute atomic E-state index is 0.247. The third-order valence-electron chi connectivity index (χ3n) is 2.85. The Morgan fingerprint density at radius 2 is 1.94 bits per heavy atom. The van der Waals surface area contributed by atoms with Crippen LogP contribution >= 0.6 is 0 Å². The van der Waals surface area contributed by atoms with E-state index in [9.17, 15) is 4.39 Å². The predicted molar refractivity (Wildman–Crippen MR) is 71.0 cm³/mol. The number of nitrogens with two attached hydrogens (primary N) is 1. The zero-order valence-corrected chi connectivity index (χ0v) is 11.1. The van der Waals surface area contributed by atoms with E-state index >= 15 is 0 Å². The van der Waals surface area contributed by atoms with Gasteiger partial charge in [0.1, 0.15) is 5.82 Å². The number of aromatic nitrogens is 1. The van der Waals surface area contributed by atoms with Crippen LogP contribution in [0.15, 0.2) is 12.3 Å². The lowest BCUT2D eigenvalue weighted by Crippen LogP contribution is -2.06. The Balaban J connectivity index is 2.22. The van der Waals surface area contributed by atoms with Crippen molar-refractivity contribution in [1.82, 2.24) is 4.98 Å². The molecule has 0 bridgehead atoms. The molecule has 1 heterocycles. The average molecular weight is 254 g/mol. The number of halogens is 1. The first-order chi connectivity index (χ1) is 8.77. The Morgan fingerprint density at radius 1 is 1.22 bits per heavy atom. The van der Waals surface area contributed by atoms with Crippen molar-refractivity contribution in [2.45, 2.75) is 52.0 Å². The minimum atomic E-state index is -0.373. The summed E-state index contributed by atoms with van der Waals surface area (Å²) in [5.74, 6) is 0.0924. The van der Waals surface area contributed by atoms with E-state index in [0.29, 0.717) is 18.1 Å². The molecule has 0 saturated heterocycles. The van der Waals surface area contributed by atoms with Gasteiger partial charge in [0.05, 0.1) is 12.8 Å². The smallest absolute Gasteiger partial charge is 0.218 e. The van der Waals surface area contributed by atoms with E-state index in [2.05, 4.69) is 11.9 Å². The molecule has 102 valence electrons. The molecular weight excluding hydrogens is 231 g/mol. The highest BCUT2D eigenvalue weighted by atomic mass is 19.1. The van der Waals surface area contributed by atoms with Crippen molar-refractivity contribution < 1.29 is 9.13 Å². The molecule has 3 nitrogen and oxygen atoms in total. The molecule has 18 heavy (non-hydrogen) atoms. The van der Waals surface area contributed by atoms with Gasteiger partial charge in [0, 0.05) is 12.1 Å². The van der Waals surface area contributed by atoms with Gasteiger partial charge in [-0.2, -0.15) is 0 Å². The summed E-state index contributed by atoms with van der Waals surface area (Å²) in [6.45, 7) is 3.08. The first kappa shape index (κ1) is 14.9. The van der Waals surface area contributed by atoms with Crippen LogP contribution in [0, 0.1) is 5.82 Å². The number of hydrogen-bond donors (Lipinski definition) is 1. The molecule has 1 aromatic heterocycles. The summed E-state index contributed by atoms with van der Waals surface area (Å²) in [4.78, 5) is 3.92. The molecule has 0 aliphatic carbocycles. The second kappa shape index (κ2) is 8.86. The Hall–Kier alpha value is -1.16. The fourth-order valence-corrected chi connectivity index (χ4v) is 1.80. The molecule has 4 heteroatoms. The lowest BCUT2D eigenvalue weighted by atomic mass is 10.1. The highest BCUT2D eigenvalue weighted by Gasteiger charge is 2.05. The maximum absolute atomic E-state index is 12.9. The van der Waals surface area contributed by atoms with Gasteiger partial charge >= 0.3 is 0 Å². The zero-order valence-electron chi connectivity index (χ0n) is 11.1. The van der Waals surface area contributed by atoms with Crippen molar-refractivity contribution in [3.8, 4) is 5.88 Å². The van der Waals surface area contributed by atoms with E-state index in [-0.39, 0.29) is 12.4 Å². The van der Waals surface area contributed by atoms with E-state index in [1.165, 1.54) is 38.2 Å². The highest BCUT2D eigenvalue weighted by molar-refractivity contribution is 5.25. The largest absolute Gasteiger partial charge is 0.477 e. The van der Waals surface area contributed by atoms with Crippen molar-refractivity contribution in [2.24, 2.45) is 5.73 Å². The van der Waals surface area contributed by atoms with Gasteiger partial charge in [-0.05, 0) is 12.5 Å². The average Bonchev–Trinajstić information content (AvgIpc) is 2.39. The summed E-state index contributed by atoms with van der Waals surface area (Å²) in [5.41, 5.74) is 6.14. The van der Waals surface area contributed by atoms with Crippen molar-refractivity contribution in [2.75, 3.05) is 6.61 Å². The van der Waals surface area contributed by atoms with Gasteiger partial charge in [-0.3, -0.25) is 0 Å². The van der Waals surface area contributed by atoms with Gasteiger partial charge in [0.15, 0.2) is 0 Å². The zero-order chi connectivity index (χ0) is 13.2. The van der Waals surface area contributed by atoms with Gasteiger partial charge in [0.25, 0.3) is 0 Å². The standard InChI is InChI=1S/C14H23FN2O/c1-2-3-4-5-6-7-8-18-14-12(10-16)9-13(15)11-17-14/h9,11H,2-8,10,16H2,1H3. The van der Waals surface area contributed by atoms with E-state index in [4.69, 9.17) is 10.5 Å². The first-order valence-corrected chi connectivity index (χ1v) is 6.75. The van der Waals surface area contributed by atoms with Gasteiger partial charge in [0.2, 0.25) is 5.88 Å². The molecule has 1 rings (SSSR count). The number of unbranched alkanes of at least 4 members (excludes halogenated alkanes) is 5. The van der Waals surface area contributed by atoms with Gasteiger partial charge < -0.3 is 10.5 Å². The maximum Gasteiger partial charge on any atom is 0.218 e. The van der Waals surface area contributed by atoms with Gasteiger partial charge in [-0.25, -0.2) is 9.37 Å². The van der Waals surface area contributed by atoms with Crippen LogP contribution < -0.4 is 10.5 Å². The maximum atomic E-state index is 12.9. The molecule has 0 aliphatic heterocycles. The lowest BCUT2D eigenvalue weighted by molar-refractivity contribution is 0.289. The molecule has 1 aromatic rings. The lowest BCUT2D eigenvalue weighted by Gasteiger charge is -2.09. The molecular formula is C14H23FN2O. The molecule has 0 fully saturated rings. The quantitative estimate of drug-likeness (QED) is 0.687. The Morgan fingerprint density at radius 3 is 2.67 bits per heavy atom.